The largest absolute Gasteiger partial charge is 0.372 e. The van der Waals surface area contributed by atoms with Gasteiger partial charge in [0.15, 0.2) is 5.41 Å². The van der Waals surface area contributed by atoms with Gasteiger partial charge in [0.25, 0.3) is 0 Å². The fourth-order valence-electron chi connectivity index (χ4n) is 6.08. The first-order chi connectivity index (χ1) is 15.2. The second kappa shape index (κ2) is 7.45. The van der Waals surface area contributed by atoms with Crippen LogP contribution < -0.4 is 26.2 Å². The van der Waals surface area contributed by atoms with Crippen LogP contribution >= 0.6 is 0 Å². The number of morpholine rings is 1. The van der Waals surface area contributed by atoms with Crippen molar-refractivity contribution in [2.45, 2.75) is 57.9 Å². The Morgan fingerprint density at radius 1 is 1.16 bits per heavy atom. The van der Waals surface area contributed by atoms with Gasteiger partial charge in [0.2, 0.25) is 11.8 Å². The van der Waals surface area contributed by atoms with Gasteiger partial charge in [0.05, 0.1) is 18.2 Å². The van der Waals surface area contributed by atoms with Crippen molar-refractivity contribution in [3.8, 4) is 0 Å². The van der Waals surface area contributed by atoms with Crippen molar-refractivity contribution in [3.05, 3.63) is 23.8 Å². The summed E-state index contributed by atoms with van der Waals surface area (Å²) in [6.45, 7) is 8.32. The lowest BCUT2D eigenvalue weighted by molar-refractivity contribution is -0.153. The summed E-state index contributed by atoms with van der Waals surface area (Å²) in [5.41, 5.74) is 7.72. The highest BCUT2D eigenvalue weighted by atomic mass is 16.5. The van der Waals surface area contributed by atoms with Crippen LogP contribution in [0, 0.1) is 11.3 Å². The predicted octanol–water partition coefficient (Wildman–Crippen LogP) is 0.751. The summed E-state index contributed by atoms with van der Waals surface area (Å²) in [6, 6.07) is 5.18. The number of hydrogen-bond acceptors (Lipinski definition) is 7. The molecule has 3 saturated heterocycles. The molecule has 32 heavy (non-hydrogen) atoms. The zero-order valence-electron chi connectivity index (χ0n) is 18.8. The van der Waals surface area contributed by atoms with Gasteiger partial charge < -0.3 is 20.3 Å². The van der Waals surface area contributed by atoms with Crippen LogP contribution in [0.2, 0.25) is 0 Å². The van der Waals surface area contributed by atoms with Gasteiger partial charge in [-0.1, -0.05) is 0 Å². The van der Waals surface area contributed by atoms with Crippen molar-refractivity contribution in [3.63, 3.8) is 0 Å². The molecule has 1 aromatic carbocycles. The third kappa shape index (κ3) is 3.09. The smallest absolute Gasteiger partial charge is 0.328 e. The fourth-order valence-corrected chi connectivity index (χ4v) is 6.08. The number of barbiturate groups is 1. The molecule has 5 rings (SSSR count). The molecule has 3 fully saturated rings. The number of rotatable bonds is 2. The number of amides is 4. The van der Waals surface area contributed by atoms with Crippen LogP contribution in [0.25, 0.3) is 0 Å². The van der Waals surface area contributed by atoms with Crippen LogP contribution in [0.4, 0.5) is 16.2 Å². The third-order valence-corrected chi connectivity index (χ3v) is 7.63. The molecule has 1 spiro atoms. The van der Waals surface area contributed by atoms with Crippen LogP contribution in [0.5, 0.6) is 0 Å². The van der Waals surface area contributed by atoms with Gasteiger partial charge in [0.1, 0.15) is 0 Å². The van der Waals surface area contributed by atoms with Crippen molar-refractivity contribution >= 4 is 29.2 Å². The van der Waals surface area contributed by atoms with Crippen LogP contribution in [0.3, 0.4) is 0 Å². The number of imide groups is 2. The number of nitrogens with two attached hydrogens (primary N) is 1. The number of nitrogens with zero attached hydrogens (tertiary/aromatic N) is 2. The minimum atomic E-state index is -1.43. The van der Waals surface area contributed by atoms with Crippen molar-refractivity contribution in [1.82, 2.24) is 10.6 Å². The summed E-state index contributed by atoms with van der Waals surface area (Å²) in [7, 11) is 0. The number of benzene rings is 1. The zero-order chi connectivity index (χ0) is 22.8. The topological polar surface area (TPSA) is 117 Å². The Bertz CT molecular complexity index is 959. The Morgan fingerprint density at radius 3 is 2.53 bits per heavy atom. The normalized spacial score (nSPS) is 32.3. The minimum absolute atomic E-state index is 0.0503. The van der Waals surface area contributed by atoms with Gasteiger partial charge in [-0.15, -0.1) is 0 Å². The molecule has 0 radical (unpaired) electrons. The van der Waals surface area contributed by atoms with E-state index in [9.17, 15) is 14.4 Å². The van der Waals surface area contributed by atoms with Crippen molar-refractivity contribution in [2.75, 3.05) is 29.4 Å². The maximum atomic E-state index is 13.2. The molecule has 4 heterocycles. The SMILES string of the molecule is C[C@@H]1CN2c3ccc(N4CCC([C@@H](C)N)C4)cc3CC3(C(=O)NC(=O)NC3=O)[C@H]2[C@H](C)O1. The van der Waals surface area contributed by atoms with E-state index in [1.54, 1.807) is 0 Å². The van der Waals surface area contributed by atoms with Gasteiger partial charge in [0, 0.05) is 37.1 Å². The Labute approximate surface area is 187 Å². The van der Waals surface area contributed by atoms with Gasteiger partial charge in [-0.2, -0.15) is 0 Å². The molecule has 1 aromatic rings. The van der Waals surface area contributed by atoms with Crippen molar-refractivity contribution < 1.29 is 19.1 Å². The van der Waals surface area contributed by atoms with Crippen molar-refractivity contribution in [2.24, 2.45) is 17.1 Å². The minimum Gasteiger partial charge on any atom is -0.372 e. The Balaban J connectivity index is 1.57. The number of anilines is 2. The van der Waals surface area contributed by atoms with E-state index in [0.29, 0.717) is 12.5 Å². The van der Waals surface area contributed by atoms with E-state index in [4.69, 9.17) is 10.5 Å². The highest BCUT2D eigenvalue weighted by Crippen LogP contribution is 2.47. The molecular weight excluding hydrogens is 410 g/mol. The molecule has 4 aliphatic rings. The Morgan fingerprint density at radius 2 is 1.88 bits per heavy atom. The summed E-state index contributed by atoms with van der Waals surface area (Å²) in [4.78, 5) is 42.8. The highest BCUT2D eigenvalue weighted by Gasteiger charge is 2.62. The summed E-state index contributed by atoms with van der Waals surface area (Å²) in [6.07, 6.45) is 0.855. The second-order valence-corrected chi connectivity index (χ2v) is 9.80. The maximum Gasteiger partial charge on any atom is 0.328 e. The van der Waals surface area contributed by atoms with Crippen molar-refractivity contribution in [1.29, 1.82) is 0 Å². The monoisotopic (exact) mass is 441 g/mol. The fraction of sp³-hybridized carbons (Fsp3) is 0.609. The molecule has 9 nitrogen and oxygen atoms in total. The number of fused-ring (bicyclic) bond motifs is 4. The molecule has 9 heteroatoms. The lowest BCUT2D eigenvalue weighted by Crippen LogP contribution is -2.75. The third-order valence-electron chi connectivity index (χ3n) is 7.63. The van der Waals surface area contributed by atoms with Gasteiger partial charge in [-0.05, 0) is 63.3 Å². The predicted molar refractivity (Wildman–Crippen MR) is 119 cm³/mol. The highest BCUT2D eigenvalue weighted by molar-refractivity contribution is 6.20. The van der Waals surface area contributed by atoms with E-state index in [1.807, 2.05) is 20.8 Å². The van der Waals surface area contributed by atoms with Crippen LogP contribution in [-0.4, -0.2) is 61.8 Å². The Hall–Kier alpha value is -2.65. The number of hydrogen-bond donors (Lipinski definition) is 3. The number of carbonyl (C=O) groups excluding carboxylic acids is 3. The molecule has 4 aliphatic heterocycles. The standard InChI is InChI=1S/C23H31N5O4/c1-12-10-28-18-5-4-17(27-7-6-15(11-27)13(2)24)8-16(18)9-23(19(28)14(3)32-12)20(29)25-22(31)26-21(23)30/h4-5,8,12-15,19H,6-7,9-11,24H2,1-3H3,(H2,25,26,29,30,31)/t12-,13-,14+,15?,19-/m1/s1. The van der Waals surface area contributed by atoms with Gasteiger partial charge in [-0.3, -0.25) is 20.2 Å². The molecule has 4 amide bonds. The quantitative estimate of drug-likeness (QED) is 0.580. The first kappa shape index (κ1) is 21.2. The number of nitrogens with one attached hydrogen (secondary N) is 2. The first-order valence-electron chi connectivity index (χ1n) is 11.4. The summed E-state index contributed by atoms with van der Waals surface area (Å²) < 4.78 is 6.05. The summed E-state index contributed by atoms with van der Waals surface area (Å²) in [5, 5.41) is 4.67. The van der Waals surface area contributed by atoms with Crippen LogP contribution in [0.15, 0.2) is 18.2 Å². The first-order valence-corrected chi connectivity index (χ1v) is 11.4. The Kier molecular flexibility index (Phi) is 4.94. The molecule has 4 N–H and O–H groups in total. The molecule has 0 bridgehead atoms. The maximum absolute atomic E-state index is 13.2. The molecule has 0 saturated carbocycles. The zero-order valence-corrected chi connectivity index (χ0v) is 18.8. The van der Waals surface area contributed by atoms with E-state index in [1.165, 1.54) is 0 Å². The van der Waals surface area contributed by atoms with E-state index >= 15 is 0 Å². The average molecular weight is 442 g/mol. The molecule has 172 valence electrons. The average Bonchev–Trinajstić information content (AvgIpc) is 3.21. The van der Waals surface area contributed by atoms with E-state index in [0.717, 1.165) is 36.4 Å². The molecule has 1 unspecified atom stereocenters. The van der Waals surface area contributed by atoms with Crippen LogP contribution in [0.1, 0.15) is 32.8 Å². The van der Waals surface area contributed by atoms with Gasteiger partial charge >= 0.3 is 6.03 Å². The molecule has 0 aromatic heterocycles. The number of urea groups is 1. The number of carbonyl (C=O) groups is 3. The van der Waals surface area contributed by atoms with E-state index in [-0.39, 0.29) is 24.7 Å². The van der Waals surface area contributed by atoms with E-state index < -0.39 is 29.3 Å². The lowest BCUT2D eigenvalue weighted by atomic mass is 9.66. The second-order valence-electron chi connectivity index (χ2n) is 9.80. The summed E-state index contributed by atoms with van der Waals surface area (Å²) in [5.74, 6) is -0.662. The molecule has 5 atom stereocenters. The summed E-state index contributed by atoms with van der Waals surface area (Å²) >= 11 is 0. The lowest BCUT2D eigenvalue weighted by Gasteiger charge is -2.55. The van der Waals surface area contributed by atoms with Gasteiger partial charge in [-0.25, -0.2) is 4.79 Å². The van der Waals surface area contributed by atoms with Crippen LogP contribution in [-0.2, 0) is 20.7 Å². The van der Waals surface area contributed by atoms with E-state index in [2.05, 4.69) is 38.6 Å². The molecular formula is C23H31N5O4. The number of ether oxygens (including phenoxy) is 1. The molecule has 0 aliphatic carbocycles.